The second-order valence-electron chi connectivity index (χ2n) is 6.44. The number of nitrogens with zero attached hydrogens (tertiary/aromatic N) is 1. The van der Waals surface area contributed by atoms with E-state index in [0.717, 1.165) is 16.3 Å². The van der Waals surface area contributed by atoms with Gasteiger partial charge in [0.1, 0.15) is 0 Å². The highest BCUT2D eigenvalue weighted by atomic mass is 35.5. The molecule has 0 saturated carbocycles. The first-order valence-corrected chi connectivity index (χ1v) is 8.03. The Hall–Kier alpha value is -1.51. The molecule has 0 amide bonds. The highest BCUT2D eigenvalue weighted by molar-refractivity contribution is 6.31. The van der Waals surface area contributed by atoms with Gasteiger partial charge in [-0.1, -0.05) is 66.5 Å². The molecule has 0 unspecified atom stereocenters. The average molecular weight is 332 g/mol. The highest BCUT2D eigenvalue weighted by Gasteiger charge is 2.49. The van der Waals surface area contributed by atoms with Crippen LogP contribution in [0.2, 0.25) is 5.02 Å². The van der Waals surface area contributed by atoms with Crippen molar-refractivity contribution in [2.24, 2.45) is 16.5 Å². The molecule has 1 aliphatic heterocycles. The second-order valence-corrected chi connectivity index (χ2v) is 7.31. The molecule has 3 aliphatic rings. The summed E-state index contributed by atoms with van der Waals surface area (Å²) in [4.78, 5) is 5.61. The van der Waals surface area contributed by atoms with Gasteiger partial charge in [-0.25, -0.2) is 0 Å². The lowest BCUT2D eigenvalue weighted by atomic mass is 9.66. The fraction of sp³-hybridized carbons (Fsp3) is 0.278. The Bertz CT molecular complexity index is 769. The molecule has 22 heavy (non-hydrogen) atoms. The summed E-state index contributed by atoms with van der Waals surface area (Å²) >= 11 is 12.3. The van der Waals surface area contributed by atoms with Crippen LogP contribution in [0.1, 0.15) is 19.4 Å². The Labute approximate surface area is 139 Å². The van der Waals surface area contributed by atoms with E-state index in [9.17, 15) is 0 Å². The third-order valence-corrected chi connectivity index (χ3v) is 5.12. The molecule has 112 valence electrons. The Morgan fingerprint density at radius 3 is 2.55 bits per heavy atom. The van der Waals surface area contributed by atoms with Crippen LogP contribution in [0.5, 0.6) is 0 Å². The van der Waals surface area contributed by atoms with Crippen LogP contribution in [-0.4, -0.2) is 11.8 Å². The molecule has 4 heteroatoms. The van der Waals surface area contributed by atoms with Gasteiger partial charge in [0, 0.05) is 10.4 Å². The lowest BCUT2D eigenvalue weighted by Gasteiger charge is -2.36. The first-order chi connectivity index (χ1) is 10.5. The second kappa shape index (κ2) is 4.74. The lowest BCUT2D eigenvalue weighted by molar-refractivity contribution is 0.101. The zero-order chi connectivity index (χ0) is 15.5. The summed E-state index contributed by atoms with van der Waals surface area (Å²) in [5.74, 6) is 0.100. The van der Waals surface area contributed by atoms with Crippen molar-refractivity contribution >= 4 is 34.5 Å². The smallest absolute Gasteiger partial charge is 0.175 e. The number of hydrogen-bond donors (Lipinski definition) is 0. The zero-order valence-corrected chi connectivity index (χ0v) is 13.8. The molecule has 0 saturated heterocycles. The summed E-state index contributed by atoms with van der Waals surface area (Å²) in [5.41, 5.74) is 4.46. The van der Waals surface area contributed by atoms with Crippen molar-refractivity contribution in [1.29, 1.82) is 0 Å². The van der Waals surface area contributed by atoms with Crippen LogP contribution >= 0.6 is 23.2 Å². The molecule has 0 N–H and O–H groups in total. The van der Waals surface area contributed by atoms with E-state index in [1.807, 2.05) is 18.2 Å². The zero-order valence-electron chi connectivity index (χ0n) is 12.3. The first kappa shape index (κ1) is 14.1. The van der Waals surface area contributed by atoms with Crippen molar-refractivity contribution < 1.29 is 4.84 Å². The van der Waals surface area contributed by atoms with E-state index >= 15 is 0 Å². The van der Waals surface area contributed by atoms with Crippen molar-refractivity contribution in [2.45, 2.75) is 20.0 Å². The van der Waals surface area contributed by atoms with Gasteiger partial charge >= 0.3 is 0 Å². The van der Waals surface area contributed by atoms with Crippen molar-refractivity contribution in [2.75, 3.05) is 0 Å². The Morgan fingerprint density at radius 2 is 1.82 bits per heavy atom. The summed E-state index contributed by atoms with van der Waals surface area (Å²) in [6, 6.07) is 7.95. The van der Waals surface area contributed by atoms with Crippen LogP contribution in [0.3, 0.4) is 0 Å². The molecule has 1 heterocycles. The number of oxime groups is 1. The molecule has 0 fully saturated rings. The Balaban J connectivity index is 1.91. The minimum absolute atomic E-state index is 0.100. The van der Waals surface area contributed by atoms with Crippen LogP contribution in [0.4, 0.5) is 0 Å². The third-order valence-electron chi connectivity index (χ3n) is 4.52. The SMILES string of the molecule is CC1(C)C=C(c2ccc(Cl)cc2)C2=CC=C(Cl)[C@H]3ON=C1[C@@H]23. The average Bonchev–Trinajstić information content (AvgIpc) is 2.93. The summed E-state index contributed by atoms with van der Waals surface area (Å²) in [6.45, 7) is 4.33. The fourth-order valence-electron chi connectivity index (χ4n) is 3.44. The van der Waals surface area contributed by atoms with Crippen LogP contribution in [0, 0.1) is 11.3 Å². The quantitative estimate of drug-likeness (QED) is 0.693. The van der Waals surface area contributed by atoms with E-state index in [1.54, 1.807) is 0 Å². The molecule has 2 nitrogen and oxygen atoms in total. The van der Waals surface area contributed by atoms with Gasteiger partial charge in [-0.2, -0.15) is 0 Å². The number of allylic oxidation sites excluding steroid dienone is 4. The van der Waals surface area contributed by atoms with Gasteiger partial charge in [0.25, 0.3) is 0 Å². The minimum atomic E-state index is -0.188. The monoisotopic (exact) mass is 331 g/mol. The molecule has 2 aliphatic carbocycles. The highest BCUT2D eigenvalue weighted by Crippen LogP contribution is 2.50. The molecular formula is C18H15Cl2NO. The standard InChI is InChI=1S/C18H15Cl2NO/c1-18(2)9-13(10-3-5-11(19)6-4-10)12-7-8-14(20)16-15(12)17(18)21-22-16/h3-9,15-16H,1-2H3/t15-,16+/m0/s1. The number of hydrogen-bond acceptors (Lipinski definition) is 2. The maximum atomic E-state index is 6.32. The maximum absolute atomic E-state index is 6.32. The van der Waals surface area contributed by atoms with E-state index in [-0.39, 0.29) is 17.4 Å². The van der Waals surface area contributed by atoms with Crippen molar-refractivity contribution in [3.05, 3.63) is 63.7 Å². The normalized spacial score (nSPS) is 28.0. The summed E-state index contributed by atoms with van der Waals surface area (Å²) < 4.78 is 0. The van der Waals surface area contributed by atoms with Gasteiger partial charge in [-0.15, -0.1) is 0 Å². The van der Waals surface area contributed by atoms with E-state index in [0.29, 0.717) is 5.03 Å². The Morgan fingerprint density at radius 1 is 1.09 bits per heavy atom. The van der Waals surface area contributed by atoms with Gasteiger partial charge in [0.05, 0.1) is 16.7 Å². The summed E-state index contributed by atoms with van der Waals surface area (Å²) in [5, 5.41) is 5.78. The summed E-state index contributed by atoms with van der Waals surface area (Å²) in [7, 11) is 0. The van der Waals surface area contributed by atoms with E-state index in [4.69, 9.17) is 28.0 Å². The van der Waals surface area contributed by atoms with Crippen molar-refractivity contribution in [3.8, 4) is 0 Å². The molecular weight excluding hydrogens is 317 g/mol. The lowest BCUT2D eigenvalue weighted by Crippen LogP contribution is -2.38. The molecule has 0 aromatic heterocycles. The maximum Gasteiger partial charge on any atom is 0.175 e. The van der Waals surface area contributed by atoms with Gasteiger partial charge in [-0.3, -0.25) is 0 Å². The van der Waals surface area contributed by atoms with Crippen molar-refractivity contribution in [3.63, 3.8) is 0 Å². The van der Waals surface area contributed by atoms with E-state index in [1.165, 1.54) is 11.1 Å². The van der Waals surface area contributed by atoms with Crippen LogP contribution in [0.25, 0.3) is 5.57 Å². The molecule has 0 radical (unpaired) electrons. The Kier molecular flexibility index (Phi) is 3.04. The minimum Gasteiger partial charge on any atom is -0.386 e. The third kappa shape index (κ3) is 1.98. The molecule has 2 atom stereocenters. The van der Waals surface area contributed by atoms with Gasteiger partial charge in [-0.05, 0) is 34.9 Å². The van der Waals surface area contributed by atoms with Crippen LogP contribution < -0.4 is 0 Å². The van der Waals surface area contributed by atoms with Crippen molar-refractivity contribution in [1.82, 2.24) is 0 Å². The largest absolute Gasteiger partial charge is 0.386 e. The van der Waals surface area contributed by atoms with E-state index < -0.39 is 0 Å². The molecule has 1 aromatic carbocycles. The van der Waals surface area contributed by atoms with Crippen LogP contribution in [0.15, 0.2) is 58.3 Å². The van der Waals surface area contributed by atoms with Gasteiger partial charge in [0.15, 0.2) is 6.10 Å². The summed E-state index contributed by atoms with van der Waals surface area (Å²) in [6.07, 6.45) is 6.07. The molecule has 0 bridgehead atoms. The van der Waals surface area contributed by atoms with Gasteiger partial charge in [0.2, 0.25) is 0 Å². The number of benzene rings is 1. The molecule has 0 spiro atoms. The topological polar surface area (TPSA) is 21.6 Å². The predicted octanol–water partition coefficient (Wildman–Crippen LogP) is 5.20. The van der Waals surface area contributed by atoms with Gasteiger partial charge < -0.3 is 4.84 Å². The van der Waals surface area contributed by atoms with E-state index in [2.05, 4.69) is 43.3 Å². The fourth-order valence-corrected chi connectivity index (χ4v) is 3.79. The number of halogens is 2. The predicted molar refractivity (Wildman–Crippen MR) is 91.0 cm³/mol. The molecule has 1 aromatic rings. The molecule has 4 rings (SSSR count). The number of rotatable bonds is 1. The van der Waals surface area contributed by atoms with Crippen LogP contribution in [-0.2, 0) is 4.84 Å². The first-order valence-electron chi connectivity index (χ1n) is 7.28.